The first-order valence-electron chi connectivity index (χ1n) is 7.61. The van der Waals surface area contributed by atoms with Gasteiger partial charge in [-0.15, -0.1) is 0 Å². The molecule has 0 aliphatic carbocycles. The Hall–Kier alpha value is -0.680. The minimum absolute atomic E-state index is 0.165. The van der Waals surface area contributed by atoms with Crippen LogP contribution in [0.15, 0.2) is 18.2 Å². The molecule has 2 N–H and O–H groups in total. The number of hydrogen-bond acceptors (Lipinski definition) is 3. The highest BCUT2D eigenvalue weighted by Gasteiger charge is 2.19. The molecule has 1 fully saturated rings. The van der Waals surface area contributed by atoms with Crippen LogP contribution in [-0.4, -0.2) is 42.8 Å². The van der Waals surface area contributed by atoms with Gasteiger partial charge in [0.15, 0.2) is 0 Å². The van der Waals surface area contributed by atoms with Crippen molar-refractivity contribution in [2.75, 3.05) is 32.8 Å². The Labute approximate surface area is 131 Å². The van der Waals surface area contributed by atoms with Gasteiger partial charge in [-0.3, -0.25) is 0 Å². The normalized spacial score (nSPS) is 18.9. The van der Waals surface area contributed by atoms with Gasteiger partial charge in [0.1, 0.15) is 5.82 Å². The summed E-state index contributed by atoms with van der Waals surface area (Å²) in [6.07, 6.45) is 2.31. The number of aliphatic hydroxyl groups excluding tert-OH is 1. The SMILES string of the molecule is CC(NCC1CCN(CCO)CC1)c1ccc(F)c(Cl)c1. The van der Waals surface area contributed by atoms with E-state index in [0.717, 1.165) is 44.6 Å². The average molecular weight is 315 g/mol. The molecule has 0 radical (unpaired) electrons. The molecule has 5 heteroatoms. The van der Waals surface area contributed by atoms with Gasteiger partial charge >= 0.3 is 0 Å². The van der Waals surface area contributed by atoms with Crippen molar-refractivity contribution in [3.8, 4) is 0 Å². The molecule has 1 aromatic rings. The number of nitrogens with one attached hydrogen (secondary N) is 1. The van der Waals surface area contributed by atoms with E-state index in [2.05, 4.69) is 17.1 Å². The summed E-state index contributed by atoms with van der Waals surface area (Å²) in [5.74, 6) is 0.294. The molecule has 0 aromatic heterocycles. The molecule has 0 amide bonds. The second kappa shape index (κ2) is 8.08. The molecule has 1 aliphatic heterocycles. The van der Waals surface area contributed by atoms with Crippen molar-refractivity contribution >= 4 is 11.6 Å². The molecule has 1 saturated heterocycles. The van der Waals surface area contributed by atoms with Crippen LogP contribution in [0.4, 0.5) is 4.39 Å². The first-order valence-corrected chi connectivity index (χ1v) is 7.99. The van der Waals surface area contributed by atoms with E-state index < -0.39 is 0 Å². The van der Waals surface area contributed by atoms with E-state index in [1.807, 2.05) is 0 Å². The minimum Gasteiger partial charge on any atom is -0.395 e. The maximum Gasteiger partial charge on any atom is 0.141 e. The molecule has 1 atom stereocenters. The van der Waals surface area contributed by atoms with E-state index in [1.165, 1.54) is 6.07 Å². The molecule has 1 aliphatic rings. The third-order valence-electron chi connectivity index (χ3n) is 4.28. The summed E-state index contributed by atoms with van der Waals surface area (Å²) < 4.78 is 13.2. The summed E-state index contributed by atoms with van der Waals surface area (Å²) >= 11 is 5.82. The first-order chi connectivity index (χ1) is 10.1. The van der Waals surface area contributed by atoms with E-state index in [1.54, 1.807) is 12.1 Å². The Bertz CT molecular complexity index is 450. The molecule has 1 aromatic carbocycles. The highest BCUT2D eigenvalue weighted by molar-refractivity contribution is 6.30. The minimum atomic E-state index is -0.371. The molecular formula is C16H24ClFN2O. The Morgan fingerprint density at radius 2 is 2.14 bits per heavy atom. The van der Waals surface area contributed by atoms with Crippen molar-refractivity contribution in [2.45, 2.75) is 25.8 Å². The van der Waals surface area contributed by atoms with E-state index in [9.17, 15) is 4.39 Å². The van der Waals surface area contributed by atoms with Gasteiger partial charge in [0.2, 0.25) is 0 Å². The number of aliphatic hydroxyl groups is 1. The summed E-state index contributed by atoms with van der Waals surface area (Å²) in [6, 6.07) is 5.06. The molecule has 0 bridgehead atoms. The number of halogens is 2. The van der Waals surface area contributed by atoms with Gasteiger partial charge in [-0.05, 0) is 63.0 Å². The smallest absolute Gasteiger partial charge is 0.141 e. The highest BCUT2D eigenvalue weighted by Crippen LogP contribution is 2.22. The van der Waals surface area contributed by atoms with Gasteiger partial charge in [-0.1, -0.05) is 17.7 Å². The standard InChI is InChI=1S/C16H24ClFN2O/c1-12(14-2-3-16(18)15(17)10-14)19-11-13-4-6-20(7-5-13)8-9-21/h2-3,10,12-13,19,21H,4-9,11H2,1H3. The molecule has 0 saturated carbocycles. The summed E-state index contributed by atoms with van der Waals surface area (Å²) in [5.41, 5.74) is 1.01. The molecule has 3 nitrogen and oxygen atoms in total. The molecule has 1 unspecified atom stereocenters. The van der Waals surface area contributed by atoms with Crippen molar-refractivity contribution < 1.29 is 9.50 Å². The largest absolute Gasteiger partial charge is 0.395 e. The second-order valence-corrected chi connectivity index (χ2v) is 6.22. The van der Waals surface area contributed by atoms with Crippen LogP contribution >= 0.6 is 11.6 Å². The molecular weight excluding hydrogens is 291 g/mol. The Morgan fingerprint density at radius 3 is 2.76 bits per heavy atom. The predicted molar refractivity (Wildman–Crippen MR) is 84.1 cm³/mol. The van der Waals surface area contributed by atoms with Crippen LogP contribution in [0, 0.1) is 11.7 Å². The fraction of sp³-hybridized carbons (Fsp3) is 0.625. The molecule has 1 heterocycles. The van der Waals surface area contributed by atoms with Gasteiger partial charge in [0, 0.05) is 12.6 Å². The van der Waals surface area contributed by atoms with Gasteiger partial charge < -0.3 is 15.3 Å². The summed E-state index contributed by atoms with van der Waals surface area (Å²) in [6.45, 7) is 6.18. The molecule has 21 heavy (non-hydrogen) atoms. The monoisotopic (exact) mass is 314 g/mol. The number of piperidine rings is 1. The molecule has 118 valence electrons. The van der Waals surface area contributed by atoms with Crippen molar-refractivity contribution in [1.82, 2.24) is 10.2 Å². The number of β-amino-alcohol motifs (C(OH)–C–C–N with tert-alkyl or cyclic N) is 1. The average Bonchev–Trinajstić information content (AvgIpc) is 2.49. The topological polar surface area (TPSA) is 35.5 Å². The summed E-state index contributed by atoms with van der Waals surface area (Å²) in [7, 11) is 0. The lowest BCUT2D eigenvalue weighted by Crippen LogP contribution is -2.39. The van der Waals surface area contributed by atoms with Crippen LogP contribution in [0.1, 0.15) is 31.4 Å². The van der Waals surface area contributed by atoms with Crippen LogP contribution in [0.25, 0.3) is 0 Å². The van der Waals surface area contributed by atoms with E-state index in [0.29, 0.717) is 5.92 Å². The number of hydrogen-bond donors (Lipinski definition) is 2. The van der Waals surface area contributed by atoms with Crippen LogP contribution < -0.4 is 5.32 Å². The van der Waals surface area contributed by atoms with Crippen LogP contribution in [0.3, 0.4) is 0 Å². The van der Waals surface area contributed by atoms with Crippen LogP contribution in [0.2, 0.25) is 5.02 Å². The lowest BCUT2D eigenvalue weighted by molar-refractivity contribution is 0.146. The Kier molecular flexibility index (Phi) is 6.42. The first kappa shape index (κ1) is 16.7. The van der Waals surface area contributed by atoms with Gasteiger partial charge in [0.05, 0.1) is 11.6 Å². The highest BCUT2D eigenvalue weighted by atomic mass is 35.5. The number of nitrogens with zero attached hydrogens (tertiary/aromatic N) is 1. The van der Waals surface area contributed by atoms with Gasteiger partial charge in [-0.2, -0.15) is 0 Å². The van der Waals surface area contributed by atoms with Crippen molar-refractivity contribution in [3.05, 3.63) is 34.6 Å². The van der Waals surface area contributed by atoms with Crippen LogP contribution in [-0.2, 0) is 0 Å². The number of benzene rings is 1. The zero-order chi connectivity index (χ0) is 15.2. The van der Waals surface area contributed by atoms with Gasteiger partial charge in [0.25, 0.3) is 0 Å². The molecule has 0 spiro atoms. The van der Waals surface area contributed by atoms with E-state index in [4.69, 9.17) is 16.7 Å². The lowest BCUT2D eigenvalue weighted by atomic mass is 9.96. The quantitative estimate of drug-likeness (QED) is 0.847. The fourth-order valence-electron chi connectivity index (χ4n) is 2.80. The zero-order valence-electron chi connectivity index (χ0n) is 12.5. The zero-order valence-corrected chi connectivity index (χ0v) is 13.2. The van der Waals surface area contributed by atoms with Crippen molar-refractivity contribution in [1.29, 1.82) is 0 Å². The third-order valence-corrected chi connectivity index (χ3v) is 4.57. The summed E-state index contributed by atoms with van der Waals surface area (Å²) in [5, 5.41) is 12.6. The van der Waals surface area contributed by atoms with Gasteiger partial charge in [-0.25, -0.2) is 4.39 Å². The maximum absolute atomic E-state index is 13.2. The van der Waals surface area contributed by atoms with Crippen molar-refractivity contribution in [3.63, 3.8) is 0 Å². The summed E-state index contributed by atoms with van der Waals surface area (Å²) in [4.78, 5) is 2.31. The number of rotatable bonds is 6. The second-order valence-electron chi connectivity index (χ2n) is 5.81. The molecule has 2 rings (SSSR count). The Balaban J connectivity index is 1.76. The predicted octanol–water partition coefficient (Wildman–Crippen LogP) is 2.83. The number of likely N-dealkylation sites (tertiary alicyclic amines) is 1. The Morgan fingerprint density at radius 1 is 1.43 bits per heavy atom. The van der Waals surface area contributed by atoms with Crippen molar-refractivity contribution in [2.24, 2.45) is 5.92 Å². The van der Waals surface area contributed by atoms with E-state index in [-0.39, 0.29) is 23.5 Å². The van der Waals surface area contributed by atoms with E-state index >= 15 is 0 Å². The fourth-order valence-corrected chi connectivity index (χ4v) is 2.99. The third kappa shape index (κ3) is 4.92. The van der Waals surface area contributed by atoms with Crippen LogP contribution in [0.5, 0.6) is 0 Å². The maximum atomic E-state index is 13.2. The lowest BCUT2D eigenvalue weighted by Gasteiger charge is -2.32.